The predicted molar refractivity (Wildman–Crippen MR) is 106 cm³/mol. The van der Waals surface area contributed by atoms with Gasteiger partial charge in [-0.3, -0.25) is 4.79 Å². The molecule has 3 aromatic rings. The molecule has 0 fully saturated rings. The number of nitrogens with zero attached hydrogens (tertiary/aromatic N) is 3. The minimum atomic E-state index is -0.211. The highest BCUT2D eigenvalue weighted by molar-refractivity contribution is 5.92. The summed E-state index contributed by atoms with van der Waals surface area (Å²) in [5, 5.41) is 9.60. The van der Waals surface area contributed by atoms with Crippen molar-refractivity contribution in [2.75, 3.05) is 7.11 Å². The first kappa shape index (κ1) is 18.9. The summed E-state index contributed by atoms with van der Waals surface area (Å²) in [6.07, 6.45) is 0. The van der Waals surface area contributed by atoms with Gasteiger partial charge in [0.25, 0.3) is 0 Å². The molecule has 0 radical (unpaired) electrons. The number of hydrogen-bond donors (Lipinski definition) is 1. The second kappa shape index (κ2) is 7.78. The molecule has 27 heavy (non-hydrogen) atoms. The Labute approximate surface area is 159 Å². The summed E-state index contributed by atoms with van der Waals surface area (Å²) in [4.78, 5) is 17.0. The summed E-state index contributed by atoms with van der Waals surface area (Å²) in [6, 6.07) is 11.9. The Morgan fingerprint density at radius 2 is 1.85 bits per heavy atom. The van der Waals surface area contributed by atoms with Gasteiger partial charge in [-0.25, -0.2) is 9.67 Å². The van der Waals surface area contributed by atoms with Crippen LogP contribution in [0, 0.1) is 19.8 Å². The number of methoxy groups -OCH3 is 1. The van der Waals surface area contributed by atoms with Crippen LogP contribution in [-0.2, 0) is 11.3 Å². The summed E-state index contributed by atoms with van der Waals surface area (Å²) < 4.78 is 7.24. The summed E-state index contributed by atoms with van der Waals surface area (Å²) in [7, 11) is 1.67. The molecule has 6 nitrogen and oxygen atoms in total. The molecule has 0 saturated carbocycles. The smallest absolute Gasteiger partial charge is 0.225 e. The molecule has 0 aliphatic carbocycles. The number of fused-ring (bicyclic) bond motifs is 1. The Hall–Kier alpha value is -2.89. The van der Waals surface area contributed by atoms with Gasteiger partial charge in [0.2, 0.25) is 5.91 Å². The zero-order chi connectivity index (χ0) is 19.6. The third-order valence-corrected chi connectivity index (χ3v) is 4.82. The Balaban J connectivity index is 1.77. The SMILES string of the molecule is COc1ccc([C@H](C)NC(=O)[C@H](C)Cn2nc(C)nc2C)c2ccccc12. The number of carbonyl (C=O) groups is 1. The van der Waals surface area contributed by atoms with Crippen molar-refractivity contribution in [2.24, 2.45) is 5.92 Å². The molecule has 0 spiro atoms. The van der Waals surface area contributed by atoms with Gasteiger partial charge < -0.3 is 10.1 Å². The average molecular weight is 366 g/mol. The first-order valence-corrected chi connectivity index (χ1v) is 9.14. The molecule has 1 aromatic heterocycles. The number of aromatic nitrogens is 3. The molecular formula is C21H26N4O2. The van der Waals surface area contributed by atoms with Crippen molar-refractivity contribution in [1.29, 1.82) is 0 Å². The quantitative estimate of drug-likeness (QED) is 0.724. The van der Waals surface area contributed by atoms with Gasteiger partial charge in [-0.2, -0.15) is 5.10 Å². The lowest BCUT2D eigenvalue weighted by molar-refractivity contribution is -0.125. The van der Waals surface area contributed by atoms with Gasteiger partial charge in [0.1, 0.15) is 17.4 Å². The van der Waals surface area contributed by atoms with Crippen LogP contribution in [0.1, 0.15) is 37.1 Å². The van der Waals surface area contributed by atoms with Crippen molar-refractivity contribution in [3.8, 4) is 5.75 Å². The van der Waals surface area contributed by atoms with Crippen molar-refractivity contribution in [1.82, 2.24) is 20.1 Å². The maximum Gasteiger partial charge on any atom is 0.225 e. The van der Waals surface area contributed by atoms with Crippen molar-refractivity contribution in [2.45, 2.75) is 40.3 Å². The van der Waals surface area contributed by atoms with Crippen molar-refractivity contribution in [3.63, 3.8) is 0 Å². The minimum absolute atomic E-state index is 0.00467. The first-order chi connectivity index (χ1) is 12.9. The van der Waals surface area contributed by atoms with Gasteiger partial charge in [-0.1, -0.05) is 37.3 Å². The van der Waals surface area contributed by atoms with Gasteiger partial charge in [-0.05, 0) is 37.8 Å². The van der Waals surface area contributed by atoms with Crippen LogP contribution < -0.4 is 10.1 Å². The lowest BCUT2D eigenvalue weighted by atomic mass is 9.98. The molecule has 0 aliphatic rings. The van der Waals surface area contributed by atoms with Crippen LogP contribution in [0.2, 0.25) is 0 Å². The highest BCUT2D eigenvalue weighted by Crippen LogP contribution is 2.31. The van der Waals surface area contributed by atoms with E-state index in [2.05, 4.69) is 21.5 Å². The van der Waals surface area contributed by atoms with E-state index >= 15 is 0 Å². The number of hydrogen-bond acceptors (Lipinski definition) is 4. The van der Waals surface area contributed by atoms with Crippen LogP contribution in [0.15, 0.2) is 36.4 Å². The van der Waals surface area contributed by atoms with E-state index in [1.165, 1.54) is 0 Å². The molecule has 3 rings (SSSR count). The molecule has 0 bridgehead atoms. The topological polar surface area (TPSA) is 69.0 Å². The van der Waals surface area contributed by atoms with Crippen LogP contribution in [0.5, 0.6) is 5.75 Å². The fraction of sp³-hybridized carbons (Fsp3) is 0.381. The third kappa shape index (κ3) is 3.94. The van der Waals surface area contributed by atoms with E-state index in [-0.39, 0.29) is 17.9 Å². The van der Waals surface area contributed by atoms with Gasteiger partial charge in [0.05, 0.1) is 25.6 Å². The summed E-state index contributed by atoms with van der Waals surface area (Å²) >= 11 is 0. The van der Waals surface area contributed by atoms with Crippen LogP contribution >= 0.6 is 0 Å². The molecular weight excluding hydrogens is 340 g/mol. The third-order valence-electron chi connectivity index (χ3n) is 4.82. The van der Waals surface area contributed by atoms with Crippen LogP contribution in [0.4, 0.5) is 0 Å². The molecule has 1 N–H and O–H groups in total. The van der Waals surface area contributed by atoms with E-state index in [0.29, 0.717) is 6.54 Å². The zero-order valence-corrected chi connectivity index (χ0v) is 16.5. The summed E-state index contributed by atoms with van der Waals surface area (Å²) in [5.41, 5.74) is 1.07. The Bertz CT molecular complexity index is 964. The van der Waals surface area contributed by atoms with Gasteiger partial charge in [-0.15, -0.1) is 0 Å². The number of ether oxygens (including phenoxy) is 1. The second-order valence-corrected chi connectivity index (χ2v) is 6.92. The Kier molecular flexibility index (Phi) is 5.44. The predicted octanol–water partition coefficient (Wildman–Crippen LogP) is 3.57. The van der Waals surface area contributed by atoms with E-state index in [1.54, 1.807) is 11.8 Å². The van der Waals surface area contributed by atoms with Gasteiger partial charge >= 0.3 is 0 Å². The maximum atomic E-state index is 12.7. The molecule has 1 heterocycles. The Morgan fingerprint density at radius 1 is 1.15 bits per heavy atom. The van der Waals surface area contributed by atoms with Crippen LogP contribution in [0.3, 0.4) is 0 Å². The van der Waals surface area contributed by atoms with Crippen molar-refractivity contribution in [3.05, 3.63) is 53.6 Å². The maximum absolute atomic E-state index is 12.7. The average Bonchev–Trinajstić information content (AvgIpc) is 2.97. The molecule has 2 atom stereocenters. The monoisotopic (exact) mass is 366 g/mol. The number of benzene rings is 2. The number of aryl methyl sites for hydroxylation is 2. The molecule has 0 saturated heterocycles. The fourth-order valence-corrected chi connectivity index (χ4v) is 3.36. The number of carbonyl (C=O) groups excluding carboxylic acids is 1. The van der Waals surface area contributed by atoms with Crippen LogP contribution in [0.25, 0.3) is 10.8 Å². The summed E-state index contributed by atoms with van der Waals surface area (Å²) in [6.45, 7) is 8.17. The van der Waals surface area contributed by atoms with E-state index in [9.17, 15) is 4.79 Å². The summed E-state index contributed by atoms with van der Waals surface area (Å²) in [5.74, 6) is 2.16. The van der Waals surface area contributed by atoms with Gasteiger partial charge in [0, 0.05) is 5.39 Å². The first-order valence-electron chi connectivity index (χ1n) is 9.14. The molecule has 142 valence electrons. The van der Waals surface area contributed by atoms with Gasteiger partial charge in [0.15, 0.2) is 0 Å². The van der Waals surface area contributed by atoms with Crippen LogP contribution in [-0.4, -0.2) is 27.8 Å². The Morgan fingerprint density at radius 3 is 2.48 bits per heavy atom. The van der Waals surface area contributed by atoms with E-state index in [4.69, 9.17) is 4.74 Å². The second-order valence-electron chi connectivity index (χ2n) is 6.92. The van der Waals surface area contributed by atoms with E-state index < -0.39 is 0 Å². The standard InChI is InChI=1S/C21H26N4O2/c1-13(12-25-16(4)23-15(3)24-25)21(26)22-14(2)17-10-11-20(27-5)19-9-7-6-8-18(17)19/h6-11,13-14H,12H2,1-5H3,(H,22,26)/t13-,14+/m1/s1. The highest BCUT2D eigenvalue weighted by atomic mass is 16.5. The van der Waals surface area contributed by atoms with Crippen molar-refractivity contribution < 1.29 is 9.53 Å². The number of nitrogens with one attached hydrogen (secondary N) is 1. The number of rotatable bonds is 6. The number of amides is 1. The molecule has 0 aliphatic heterocycles. The fourth-order valence-electron chi connectivity index (χ4n) is 3.36. The largest absolute Gasteiger partial charge is 0.496 e. The molecule has 6 heteroatoms. The zero-order valence-electron chi connectivity index (χ0n) is 16.5. The molecule has 0 unspecified atom stereocenters. The van der Waals surface area contributed by atoms with E-state index in [0.717, 1.165) is 33.7 Å². The van der Waals surface area contributed by atoms with E-state index in [1.807, 2.05) is 58.0 Å². The highest BCUT2D eigenvalue weighted by Gasteiger charge is 2.20. The normalized spacial score (nSPS) is 13.4. The molecule has 2 aromatic carbocycles. The molecule has 1 amide bonds. The lowest BCUT2D eigenvalue weighted by Crippen LogP contribution is -2.34. The van der Waals surface area contributed by atoms with Crippen molar-refractivity contribution >= 4 is 16.7 Å². The minimum Gasteiger partial charge on any atom is -0.496 e. The lowest BCUT2D eigenvalue weighted by Gasteiger charge is -2.20.